The molecule has 1 aliphatic carbocycles. The van der Waals surface area contributed by atoms with Crippen LogP contribution in [0.1, 0.15) is 25.7 Å². The Morgan fingerprint density at radius 1 is 1.00 bits per heavy atom. The van der Waals surface area contributed by atoms with E-state index in [2.05, 4.69) is 0 Å². The van der Waals surface area contributed by atoms with E-state index in [1.54, 1.807) is 0 Å². The lowest BCUT2D eigenvalue weighted by Gasteiger charge is -2.35. The molecule has 0 radical (unpaired) electrons. The van der Waals surface area contributed by atoms with Crippen LogP contribution in [0.25, 0.3) is 0 Å². The Kier molecular flexibility index (Phi) is 4.55. The fraction of sp³-hybridized carbons (Fsp3) is 0.625. The van der Waals surface area contributed by atoms with Gasteiger partial charge >= 0.3 is 0 Å². The van der Waals surface area contributed by atoms with Crippen LogP contribution in [-0.2, 0) is 14.2 Å². The standard InChI is InChI=1S/C16H22O4/c1-2-4-14(5-3-1)17-10-11-18-15-6-8-16(9-7-15)19-12-13-20-16/h1-5,15H,6-13H2. The molecule has 0 unspecified atom stereocenters. The van der Waals surface area contributed by atoms with E-state index in [0.717, 1.165) is 44.6 Å². The monoisotopic (exact) mass is 278 g/mol. The normalized spacial score (nSPS) is 22.2. The quantitative estimate of drug-likeness (QED) is 0.776. The molecule has 0 atom stereocenters. The summed E-state index contributed by atoms with van der Waals surface area (Å²) < 4.78 is 22.9. The van der Waals surface area contributed by atoms with Crippen LogP contribution in [0.4, 0.5) is 0 Å². The van der Waals surface area contributed by atoms with Crippen LogP contribution in [0.5, 0.6) is 5.75 Å². The highest BCUT2D eigenvalue weighted by Gasteiger charge is 2.40. The van der Waals surface area contributed by atoms with Crippen molar-refractivity contribution in [2.24, 2.45) is 0 Å². The fourth-order valence-corrected chi connectivity index (χ4v) is 2.87. The van der Waals surface area contributed by atoms with E-state index in [-0.39, 0.29) is 5.79 Å². The lowest BCUT2D eigenvalue weighted by molar-refractivity contribution is -0.192. The zero-order chi connectivity index (χ0) is 13.7. The summed E-state index contributed by atoms with van der Waals surface area (Å²) in [5.74, 6) is 0.604. The maximum atomic E-state index is 5.87. The van der Waals surface area contributed by atoms with E-state index >= 15 is 0 Å². The second-order valence-corrected chi connectivity index (χ2v) is 5.34. The predicted octanol–water partition coefficient (Wildman–Crippen LogP) is 2.77. The highest BCUT2D eigenvalue weighted by atomic mass is 16.7. The van der Waals surface area contributed by atoms with E-state index in [1.807, 2.05) is 30.3 Å². The summed E-state index contributed by atoms with van der Waals surface area (Å²) in [6, 6.07) is 9.84. The van der Waals surface area contributed by atoms with Gasteiger partial charge in [0.1, 0.15) is 12.4 Å². The summed E-state index contributed by atoms with van der Waals surface area (Å²) >= 11 is 0. The third-order valence-corrected chi connectivity index (χ3v) is 3.96. The van der Waals surface area contributed by atoms with Crippen LogP contribution in [0.15, 0.2) is 30.3 Å². The average Bonchev–Trinajstić information content (AvgIpc) is 2.95. The van der Waals surface area contributed by atoms with Gasteiger partial charge in [0.05, 0.1) is 25.9 Å². The summed E-state index contributed by atoms with van der Waals surface area (Å²) in [5, 5.41) is 0. The first-order valence-electron chi connectivity index (χ1n) is 7.44. The number of para-hydroxylation sites is 1. The molecule has 3 rings (SSSR count). The summed E-state index contributed by atoms with van der Waals surface area (Å²) in [5.41, 5.74) is 0. The number of hydrogen-bond donors (Lipinski definition) is 0. The molecule has 110 valence electrons. The van der Waals surface area contributed by atoms with Gasteiger partial charge in [0.15, 0.2) is 5.79 Å². The molecule has 1 heterocycles. The molecular weight excluding hydrogens is 256 g/mol. The van der Waals surface area contributed by atoms with Crippen LogP contribution in [-0.4, -0.2) is 38.3 Å². The van der Waals surface area contributed by atoms with E-state index < -0.39 is 0 Å². The Bertz CT molecular complexity index is 390. The zero-order valence-electron chi connectivity index (χ0n) is 11.8. The molecule has 1 spiro atoms. The van der Waals surface area contributed by atoms with Crippen LogP contribution in [0.2, 0.25) is 0 Å². The van der Waals surface area contributed by atoms with Crippen molar-refractivity contribution in [1.29, 1.82) is 0 Å². The second kappa shape index (κ2) is 6.57. The van der Waals surface area contributed by atoms with Gasteiger partial charge in [-0.05, 0) is 25.0 Å². The first-order chi connectivity index (χ1) is 9.86. The molecule has 1 aromatic carbocycles. The molecule has 2 aliphatic rings. The molecule has 0 bridgehead atoms. The predicted molar refractivity (Wildman–Crippen MR) is 74.8 cm³/mol. The third kappa shape index (κ3) is 3.51. The van der Waals surface area contributed by atoms with Gasteiger partial charge in [0, 0.05) is 12.8 Å². The summed E-state index contributed by atoms with van der Waals surface area (Å²) in [6.45, 7) is 2.69. The summed E-state index contributed by atoms with van der Waals surface area (Å²) in [4.78, 5) is 0. The van der Waals surface area contributed by atoms with Gasteiger partial charge in [-0.15, -0.1) is 0 Å². The Morgan fingerprint density at radius 3 is 2.40 bits per heavy atom. The topological polar surface area (TPSA) is 36.9 Å². The van der Waals surface area contributed by atoms with Gasteiger partial charge in [-0.25, -0.2) is 0 Å². The molecule has 0 aromatic heterocycles. The van der Waals surface area contributed by atoms with Crippen molar-refractivity contribution in [2.45, 2.75) is 37.6 Å². The molecule has 1 saturated carbocycles. The Labute approximate surface area is 120 Å². The molecule has 0 N–H and O–H groups in total. The van der Waals surface area contributed by atoms with E-state index in [0.29, 0.717) is 19.3 Å². The smallest absolute Gasteiger partial charge is 0.168 e. The first kappa shape index (κ1) is 13.9. The minimum Gasteiger partial charge on any atom is -0.491 e. The van der Waals surface area contributed by atoms with Gasteiger partial charge in [-0.2, -0.15) is 0 Å². The van der Waals surface area contributed by atoms with Gasteiger partial charge in [0.2, 0.25) is 0 Å². The number of benzene rings is 1. The molecule has 1 aromatic rings. The fourth-order valence-electron chi connectivity index (χ4n) is 2.87. The first-order valence-corrected chi connectivity index (χ1v) is 7.44. The minimum absolute atomic E-state index is 0.291. The Balaban J connectivity index is 1.32. The van der Waals surface area contributed by atoms with Crippen molar-refractivity contribution in [3.63, 3.8) is 0 Å². The molecule has 0 amide bonds. The van der Waals surface area contributed by atoms with E-state index in [4.69, 9.17) is 18.9 Å². The van der Waals surface area contributed by atoms with Crippen molar-refractivity contribution < 1.29 is 18.9 Å². The van der Waals surface area contributed by atoms with Crippen molar-refractivity contribution in [3.05, 3.63) is 30.3 Å². The van der Waals surface area contributed by atoms with Crippen LogP contribution in [0.3, 0.4) is 0 Å². The molecule has 4 nitrogen and oxygen atoms in total. The van der Waals surface area contributed by atoms with Gasteiger partial charge < -0.3 is 18.9 Å². The zero-order valence-corrected chi connectivity index (χ0v) is 11.8. The summed E-state index contributed by atoms with van der Waals surface area (Å²) in [7, 11) is 0. The Morgan fingerprint density at radius 2 is 1.70 bits per heavy atom. The number of rotatable bonds is 5. The van der Waals surface area contributed by atoms with E-state index in [1.165, 1.54) is 0 Å². The van der Waals surface area contributed by atoms with Crippen molar-refractivity contribution in [3.8, 4) is 5.75 Å². The van der Waals surface area contributed by atoms with Crippen LogP contribution in [0, 0.1) is 0 Å². The molecule has 1 saturated heterocycles. The lowest BCUT2D eigenvalue weighted by atomic mass is 9.92. The molecule has 1 aliphatic heterocycles. The van der Waals surface area contributed by atoms with Gasteiger partial charge in [0.25, 0.3) is 0 Å². The minimum atomic E-state index is -0.291. The third-order valence-electron chi connectivity index (χ3n) is 3.96. The highest BCUT2D eigenvalue weighted by molar-refractivity contribution is 5.20. The van der Waals surface area contributed by atoms with Crippen molar-refractivity contribution >= 4 is 0 Å². The number of ether oxygens (including phenoxy) is 4. The summed E-state index contributed by atoms with van der Waals surface area (Å²) in [6.07, 6.45) is 4.21. The molecular formula is C16H22O4. The largest absolute Gasteiger partial charge is 0.491 e. The average molecular weight is 278 g/mol. The van der Waals surface area contributed by atoms with Gasteiger partial charge in [-0.3, -0.25) is 0 Å². The lowest BCUT2D eigenvalue weighted by Crippen LogP contribution is -2.37. The number of hydrogen-bond acceptors (Lipinski definition) is 4. The second-order valence-electron chi connectivity index (χ2n) is 5.34. The van der Waals surface area contributed by atoms with E-state index in [9.17, 15) is 0 Å². The Hall–Kier alpha value is -1.10. The maximum absolute atomic E-state index is 5.87. The SMILES string of the molecule is c1ccc(OCCOC2CCC3(CC2)OCCO3)cc1. The van der Waals surface area contributed by atoms with Crippen molar-refractivity contribution in [1.82, 2.24) is 0 Å². The van der Waals surface area contributed by atoms with Gasteiger partial charge in [-0.1, -0.05) is 18.2 Å². The van der Waals surface area contributed by atoms with Crippen LogP contribution >= 0.6 is 0 Å². The van der Waals surface area contributed by atoms with Crippen molar-refractivity contribution in [2.75, 3.05) is 26.4 Å². The maximum Gasteiger partial charge on any atom is 0.168 e. The highest BCUT2D eigenvalue weighted by Crippen LogP contribution is 2.36. The van der Waals surface area contributed by atoms with Crippen LogP contribution < -0.4 is 4.74 Å². The molecule has 20 heavy (non-hydrogen) atoms. The molecule has 4 heteroatoms. The molecule has 2 fully saturated rings.